The standard InChI is InChI=1S/C22H26N4O2S2/c1-12-7-8-17(11-13(12)2)29-10-9-23-20(27)19-16(5)24-21(30-19)18-14(3)15(4)25-26(6)22(18)28/h7-8,11H,9-10H2,1-6H3,(H,23,27). The zero-order chi connectivity index (χ0) is 22.0. The highest BCUT2D eigenvalue weighted by Crippen LogP contribution is 2.28. The van der Waals surface area contributed by atoms with Gasteiger partial charge in [0, 0.05) is 24.2 Å². The Bertz CT molecular complexity index is 1160. The summed E-state index contributed by atoms with van der Waals surface area (Å²) in [4.78, 5) is 31.5. The molecule has 1 aromatic carbocycles. The summed E-state index contributed by atoms with van der Waals surface area (Å²) < 4.78 is 1.32. The number of aryl methyl sites for hydroxylation is 5. The van der Waals surface area contributed by atoms with Crippen molar-refractivity contribution in [3.63, 3.8) is 0 Å². The molecule has 0 saturated heterocycles. The fourth-order valence-electron chi connectivity index (χ4n) is 3.03. The average molecular weight is 443 g/mol. The first-order valence-corrected chi connectivity index (χ1v) is 11.5. The number of thioether (sulfide) groups is 1. The van der Waals surface area contributed by atoms with Crippen molar-refractivity contribution >= 4 is 29.0 Å². The number of aromatic nitrogens is 3. The van der Waals surface area contributed by atoms with E-state index in [9.17, 15) is 9.59 Å². The topological polar surface area (TPSA) is 76.9 Å². The molecule has 0 bridgehead atoms. The Labute approximate surface area is 184 Å². The smallest absolute Gasteiger partial charge is 0.277 e. The third-order valence-electron chi connectivity index (χ3n) is 5.08. The number of hydrogen-bond acceptors (Lipinski definition) is 6. The van der Waals surface area contributed by atoms with Crippen LogP contribution in [0, 0.1) is 34.6 Å². The van der Waals surface area contributed by atoms with E-state index in [0.29, 0.717) is 27.7 Å². The number of rotatable bonds is 6. The van der Waals surface area contributed by atoms with Gasteiger partial charge in [0.25, 0.3) is 11.5 Å². The molecule has 0 atom stereocenters. The molecule has 0 aliphatic heterocycles. The normalized spacial score (nSPS) is 11.0. The summed E-state index contributed by atoms with van der Waals surface area (Å²) in [6.45, 7) is 10.3. The van der Waals surface area contributed by atoms with Crippen molar-refractivity contribution < 1.29 is 4.79 Å². The van der Waals surface area contributed by atoms with Gasteiger partial charge in [0.15, 0.2) is 0 Å². The van der Waals surface area contributed by atoms with Crippen LogP contribution in [-0.2, 0) is 7.05 Å². The second-order valence-electron chi connectivity index (χ2n) is 7.30. The van der Waals surface area contributed by atoms with Gasteiger partial charge in [-0.1, -0.05) is 6.07 Å². The van der Waals surface area contributed by atoms with Crippen LogP contribution in [0.4, 0.5) is 0 Å². The Morgan fingerprint density at radius 1 is 1.13 bits per heavy atom. The summed E-state index contributed by atoms with van der Waals surface area (Å²) in [6.07, 6.45) is 0. The van der Waals surface area contributed by atoms with Crippen molar-refractivity contribution in [2.75, 3.05) is 12.3 Å². The summed E-state index contributed by atoms with van der Waals surface area (Å²) in [5.41, 5.74) is 5.05. The summed E-state index contributed by atoms with van der Waals surface area (Å²) in [5, 5.41) is 7.74. The first-order valence-electron chi connectivity index (χ1n) is 9.69. The third-order valence-corrected chi connectivity index (χ3v) is 7.25. The number of nitrogens with zero attached hydrogens (tertiary/aromatic N) is 3. The van der Waals surface area contributed by atoms with Gasteiger partial charge in [-0.2, -0.15) is 5.10 Å². The molecule has 2 aromatic heterocycles. The lowest BCUT2D eigenvalue weighted by atomic mass is 10.1. The molecule has 0 spiro atoms. The minimum Gasteiger partial charge on any atom is -0.350 e. The molecule has 158 valence electrons. The summed E-state index contributed by atoms with van der Waals surface area (Å²) in [7, 11) is 1.62. The Morgan fingerprint density at radius 3 is 2.57 bits per heavy atom. The molecule has 30 heavy (non-hydrogen) atoms. The minimum absolute atomic E-state index is 0.155. The maximum atomic E-state index is 12.7. The molecule has 0 saturated carbocycles. The molecule has 8 heteroatoms. The van der Waals surface area contributed by atoms with Crippen LogP contribution in [-0.4, -0.2) is 33.0 Å². The molecule has 1 amide bonds. The molecule has 3 rings (SSSR count). The Kier molecular flexibility index (Phi) is 6.77. The highest BCUT2D eigenvalue weighted by molar-refractivity contribution is 7.99. The molecule has 3 aromatic rings. The van der Waals surface area contributed by atoms with E-state index in [4.69, 9.17) is 0 Å². The third kappa shape index (κ3) is 4.65. The lowest BCUT2D eigenvalue weighted by molar-refractivity contribution is 0.0959. The van der Waals surface area contributed by atoms with Crippen molar-refractivity contribution in [2.45, 2.75) is 39.5 Å². The lowest BCUT2D eigenvalue weighted by Gasteiger charge is -2.07. The maximum Gasteiger partial charge on any atom is 0.277 e. The number of hydrogen-bond donors (Lipinski definition) is 1. The second kappa shape index (κ2) is 9.14. The largest absolute Gasteiger partial charge is 0.350 e. The quantitative estimate of drug-likeness (QED) is 0.462. The molecule has 0 aliphatic rings. The predicted molar refractivity (Wildman–Crippen MR) is 124 cm³/mol. The van der Waals surface area contributed by atoms with Crippen LogP contribution >= 0.6 is 23.1 Å². The van der Waals surface area contributed by atoms with E-state index in [1.165, 1.54) is 32.0 Å². The Morgan fingerprint density at radius 2 is 1.87 bits per heavy atom. The maximum absolute atomic E-state index is 12.7. The number of amides is 1. The van der Waals surface area contributed by atoms with Crippen LogP contribution < -0.4 is 10.9 Å². The molecule has 0 radical (unpaired) electrons. The zero-order valence-corrected chi connectivity index (χ0v) is 19.8. The van der Waals surface area contributed by atoms with Gasteiger partial charge in [0.2, 0.25) is 0 Å². The van der Waals surface area contributed by atoms with E-state index >= 15 is 0 Å². The van der Waals surface area contributed by atoms with Gasteiger partial charge in [-0.15, -0.1) is 23.1 Å². The first kappa shape index (κ1) is 22.2. The van der Waals surface area contributed by atoms with Crippen LogP contribution in [0.3, 0.4) is 0 Å². The van der Waals surface area contributed by atoms with E-state index in [0.717, 1.165) is 17.0 Å². The lowest BCUT2D eigenvalue weighted by Crippen LogP contribution is -2.25. The monoisotopic (exact) mass is 442 g/mol. The van der Waals surface area contributed by atoms with Crippen molar-refractivity contribution in [1.29, 1.82) is 0 Å². The fraction of sp³-hybridized carbons (Fsp3) is 0.364. The zero-order valence-electron chi connectivity index (χ0n) is 18.1. The summed E-state index contributed by atoms with van der Waals surface area (Å²) in [5.74, 6) is 0.625. The van der Waals surface area contributed by atoms with Gasteiger partial charge < -0.3 is 5.32 Å². The highest BCUT2D eigenvalue weighted by atomic mass is 32.2. The summed E-state index contributed by atoms with van der Waals surface area (Å²) >= 11 is 2.97. The van der Waals surface area contributed by atoms with Gasteiger partial charge in [0.05, 0.1) is 17.0 Å². The summed E-state index contributed by atoms with van der Waals surface area (Å²) in [6, 6.07) is 6.39. The number of carbonyl (C=O) groups is 1. The van der Waals surface area contributed by atoms with Gasteiger partial charge >= 0.3 is 0 Å². The molecule has 6 nitrogen and oxygen atoms in total. The van der Waals surface area contributed by atoms with Gasteiger partial charge in [-0.05, 0) is 63.4 Å². The van der Waals surface area contributed by atoms with Crippen LogP contribution in [0.2, 0.25) is 0 Å². The van der Waals surface area contributed by atoms with Crippen molar-refractivity contribution in [1.82, 2.24) is 20.1 Å². The van der Waals surface area contributed by atoms with Crippen LogP contribution in [0.15, 0.2) is 27.9 Å². The highest BCUT2D eigenvalue weighted by Gasteiger charge is 2.20. The van der Waals surface area contributed by atoms with Crippen molar-refractivity contribution in [3.05, 3.63) is 61.5 Å². The van der Waals surface area contributed by atoms with Crippen LogP contribution in [0.1, 0.15) is 37.7 Å². The first-order chi connectivity index (χ1) is 14.2. The molecule has 0 unspecified atom stereocenters. The fourth-order valence-corrected chi connectivity index (χ4v) is 4.97. The van der Waals surface area contributed by atoms with Gasteiger partial charge in [-0.3, -0.25) is 9.59 Å². The van der Waals surface area contributed by atoms with Crippen molar-refractivity contribution in [3.8, 4) is 10.6 Å². The molecular formula is C22H26N4O2S2. The SMILES string of the molecule is Cc1ccc(SCCNC(=O)c2sc(-c3c(C)c(C)nn(C)c3=O)nc2C)cc1C. The minimum atomic E-state index is -0.205. The van der Waals surface area contributed by atoms with E-state index in [2.05, 4.69) is 47.4 Å². The van der Waals surface area contributed by atoms with E-state index in [-0.39, 0.29) is 11.5 Å². The van der Waals surface area contributed by atoms with Crippen LogP contribution in [0.5, 0.6) is 0 Å². The van der Waals surface area contributed by atoms with Gasteiger partial charge in [-0.25, -0.2) is 9.67 Å². The molecule has 0 fully saturated rings. The molecule has 0 aliphatic carbocycles. The van der Waals surface area contributed by atoms with E-state index in [1.54, 1.807) is 25.7 Å². The van der Waals surface area contributed by atoms with Crippen LogP contribution in [0.25, 0.3) is 10.6 Å². The number of benzene rings is 1. The Balaban J connectivity index is 1.69. The number of thiazole rings is 1. The van der Waals surface area contributed by atoms with Gasteiger partial charge in [0.1, 0.15) is 9.88 Å². The molecular weight excluding hydrogens is 416 g/mol. The average Bonchev–Trinajstić information content (AvgIpc) is 3.07. The molecule has 1 N–H and O–H groups in total. The molecule has 2 heterocycles. The van der Waals surface area contributed by atoms with E-state index < -0.39 is 0 Å². The van der Waals surface area contributed by atoms with E-state index in [1.807, 2.05) is 13.8 Å². The Hall–Kier alpha value is -2.45. The predicted octanol–water partition coefficient (Wildman–Crippen LogP) is 3.97. The number of nitrogens with one attached hydrogen (secondary N) is 1. The number of carbonyl (C=O) groups excluding carboxylic acids is 1. The van der Waals surface area contributed by atoms with Crippen molar-refractivity contribution in [2.24, 2.45) is 7.05 Å². The second-order valence-corrected chi connectivity index (χ2v) is 9.47.